The molecule has 0 unspecified atom stereocenters. The van der Waals surface area contributed by atoms with Crippen molar-refractivity contribution in [3.8, 4) is 0 Å². The number of hydrogen-bond donors (Lipinski definition) is 0. The summed E-state index contributed by atoms with van der Waals surface area (Å²) in [7, 11) is -1.72. The van der Waals surface area contributed by atoms with Crippen molar-refractivity contribution >= 4 is 16.1 Å². The molecule has 1 heterocycles. The minimum absolute atomic E-state index is 0. The summed E-state index contributed by atoms with van der Waals surface area (Å²) in [4.78, 5) is 0. The van der Waals surface area contributed by atoms with Crippen LogP contribution in [0.25, 0.3) is 0 Å². The number of hydrogen-bond acceptors (Lipinski definition) is 1. The van der Waals surface area contributed by atoms with E-state index in [0.717, 1.165) is 13.2 Å². The molecule has 0 spiro atoms. The zero-order valence-corrected chi connectivity index (χ0v) is 18.9. The molecule has 0 atom stereocenters. The average molecular weight is 357 g/mol. The molecular weight excluding hydrogens is 321 g/mol. The summed E-state index contributed by atoms with van der Waals surface area (Å²) in [5.74, 6) is 0. The van der Waals surface area contributed by atoms with Gasteiger partial charge >= 0.3 is 25.8 Å². The van der Waals surface area contributed by atoms with Crippen LogP contribution in [0.3, 0.4) is 0 Å². The van der Waals surface area contributed by atoms with E-state index in [1.165, 1.54) is 12.8 Å². The van der Waals surface area contributed by atoms with Crippen LogP contribution in [0.1, 0.15) is 12.8 Å². The molecule has 4 heteroatoms. The van der Waals surface area contributed by atoms with Crippen molar-refractivity contribution in [1.82, 2.24) is 0 Å². The van der Waals surface area contributed by atoms with E-state index >= 15 is 0 Å². The SMILES string of the molecule is C1CCOC1.[CH2-][Si](C)(C)C.[CH2-][Si](C)(C)C.[Sc+3].c1cc[cH-]c1. The Labute approximate surface area is 155 Å². The van der Waals surface area contributed by atoms with Crippen molar-refractivity contribution in [1.29, 1.82) is 0 Å². The van der Waals surface area contributed by atoms with Gasteiger partial charge in [-0.15, -0.1) is 16.1 Å². The van der Waals surface area contributed by atoms with Gasteiger partial charge in [0, 0.05) is 13.2 Å². The molecule has 1 saturated heterocycles. The van der Waals surface area contributed by atoms with Gasteiger partial charge in [-0.05, 0) is 12.8 Å². The van der Waals surface area contributed by atoms with E-state index in [2.05, 4.69) is 52.4 Å². The Bertz CT molecular complexity index is 221. The Hall–Kier alpha value is 0.614. The van der Waals surface area contributed by atoms with E-state index in [9.17, 15) is 0 Å². The Kier molecular flexibility index (Phi) is 19.6. The molecule has 0 aliphatic carbocycles. The van der Waals surface area contributed by atoms with Gasteiger partial charge in [0.25, 0.3) is 0 Å². The van der Waals surface area contributed by atoms with Crippen LogP contribution in [0.2, 0.25) is 39.3 Å². The fourth-order valence-electron chi connectivity index (χ4n) is 0.831. The summed E-state index contributed by atoms with van der Waals surface area (Å²) in [6, 6.07) is 10.0. The van der Waals surface area contributed by atoms with E-state index in [1.54, 1.807) is 0 Å². The molecule has 2 rings (SSSR count). The third-order valence-electron chi connectivity index (χ3n) is 1.38. The first-order valence-electron chi connectivity index (χ1n) is 7.45. The van der Waals surface area contributed by atoms with Gasteiger partial charge in [-0.1, -0.05) is 39.3 Å². The second-order valence-electron chi connectivity index (χ2n) is 7.40. The van der Waals surface area contributed by atoms with Crippen LogP contribution in [-0.2, 0) is 30.6 Å². The maximum Gasteiger partial charge on any atom is 3.00 e. The molecule has 1 aliphatic heterocycles. The van der Waals surface area contributed by atoms with Crippen molar-refractivity contribution in [3.05, 3.63) is 43.4 Å². The third-order valence-corrected chi connectivity index (χ3v) is 1.38. The van der Waals surface area contributed by atoms with Crippen LogP contribution < -0.4 is 0 Å². The van der Waals surface area contributed by atoms with Gasteiger partial charge in [-0.3, -0.25) is 0 Å². The summed E-state index contributed by atoms with van der Waals surface area (Å²) < 4.78 is 4.94. The maximum atomic E-state index is 4.94. The third kappa shape index (κ3) is 63.4. The first-order chi connectivity index (χ1) is 9.00. The van der Waals surface area contributed by atoms with Crippen LogP contribution in [0, 0.1) is 13.1 Å². The van der Waals surface area contributed by atoms with Gasteiger partial charge in [0.05, 0.1) is 0 Å². The first kappa shape index (κ1) is 26.5. The summed E-state index contributed by atoms with van der Waals surface area (Å²) in [6.07, 6.45) is 2.56. The largest absolute Gasteiger partial charge is 3.00 e. The Balaban J connectivity index is -0.000000202. The Morgan fingerprint density at radius 3 is 1.19 bits per heavy atom. The van der Waals surface area contributed by atoms with Crippen LogP contribution in [0.15, 0.2) is 30.3 Å². The average Bonchev–Trinajstić information content (AvgIpc) is 2.92. The first-order valence-corrected chi connectivity index (χ1v) is 14.9. The molecule has 1 aromatic carbocycles. The molecule has 0 N–H and O–H groups in total. The number of ether oxygens (including phenoxy) is 1. The zero-order chi connectivity index (χ0) is 16.1. The molecule has 0 aromatic heterocycles. The Morgan fingerprint density at radius 1 is 0.810 bits per heavy atom. The molecule has 0 amide bonds. The minimum Gasteiger partial charge on any atom is -0.381 e. The van der Waals surface area contributed by atoms with E-state index in [1.807, 2.05) is 30.3 Å². The fraction of sp³-hybridized carbons (Fsp3) is 0.588. The molecule has 1 fully saturated rings. The number of rotatable bonds is 0. The predicted octanol–water partition coefficient (Wildman–Crippen LogP) is 5.60. The Morgan fingerprint density at radius 2 is 1.10 bits per heavy atom. The van der Waals surface area contributed by atoms with Gasteiger partial charge in [0.2, 0.25) is 0 Å². The monoisotopic (exact) mass is 356 g/mol. The second-order valence-corrected chi connectivity index (χ2v) is 17.6. The van der Waals surface area contributed by atoms with Crippen molar-refractivity contribution in [3.63, 3.8) is 0 Å². The van der Waals surface area contributed by atoms with E-state index in [0.29, 0.717) is 0 Å². The smallest absolute Gasteiger partial charge is 0.381 e. The van der Waals surface area contributed by atoms with Crippen molar-refractivity contribution < 1.29 is 30.6 Å². The minimum atomic E-state index is -0.861. The molecular formula is C17H35OScSi2. The normalized spacial score (nSPS) is 13.3. The van der Waals surface area contributed by atoms with Crippen molar-refractivity contribution in [2.45, 2.75) is 52.1 Å². The van der Waals surface area contributed by atoms with Gasteiger partial charge in [0.15, 0.2) is 0 Å². The molecule has 0 bridgehead atoms. The van der Waals surface area contributed by atoms with Gasteiger partial charge in [-0.2, -0.15) is 18.2 Å². The van der Waals surface area contributed by atoms with Crippen molar-refractivity contribution in [2.75, 3.05) is 13.2 Å². The summed E-state index contributed by atoms with van der Waals surface area (Å²) in [5, 5.41) is 0. The van der Waals surface area contributed by atoms with Gasteiger partial charge < -0.3 is 17.8 Å². The topological polar surface area (TPSA) is 9.23 Å². The second kappa shape index (κ2) is 15.5. The molecule has 0 radical (unpaired) electrons. The molecule has 1 nitrogen and oxygen atoms in total. The molecule has 21 heavy (non-hydrogen) atoms. The van der Waals surface area contributed by atoms with Crippen LogP contribution in [0.4, 0.5) is 0 Å². The summed E-state index contributed by atoms with van der Waals surface area (Å²) in [5.41, 5.74) is 0. The van der Waals surface area contributed by atoms with Gasteiger partial charge in [0.1, 0.15) is 0 Å². The van der Waals surface area contributed by atoms with E-state index in [-0.39, 0.29) is 25.8 Å². The molecule has 120 valence electrons. The predicted molar refractivity (Wildman–Crippen MR) is 99.5 cm³/mol. The van der Waals surface area contributed by atoms with Crippen LogP contribution in [-0.4, -0.2) is 29.4 Å². The van der Waals surface area contributed by atoms with Crippen molar-refractivity contribution in [2.24, 2.45) is 0 Å². The zero-order valence-electron chi connectivity index (χ0n) is 15.1. The van der Waals surface area contributed by atoms with Gasteiger partial charge in [-0.25, -0.2) is 12.1 Å². The van der Waals surface area contributed by atoms with Crippen LogP contribution in [0.5, 0.6) is 0 Å². The van der Waals surface area contributed by atoms with E-state index < -0.39 is 16.1 Å². The quantitative estimate of drug-likeness (QED) is 0.434. The summed E-state index contributed by atoms with van der Waals surface area (Å²) >= 11 is 0. The van der Waals surface area contributed by atoms with Crippen LogP contribution >= 0.6 is 0 Å². The summed E-state index contributed by atoms with van der Waals surface area (Å²) in [6.45, 7) is 23.1. The molecule has 1 aliphatic rings. The fourth-order valence-corrected chi connectivity index (χ4v) is 0.831. The standard InChI is InChI=1S/C5H5.C4H8O.2C4H11Si.Sc/c2*1-2-4-5-3-1;2*1-5(2,3)4;/h1-5H;1-4H2;2*1H2,2-4H3;/q-1;;2*-1;+3. The molecule has 1 aromatic rings. The van der Waals surface area contributed by atoms with E-state index in [4.69, 9.17) is 4.74 Å². The maximum absolute atomic E-state index is 4.94. The molecule has 0 saturated carbocycles.